The van der Waals surface area contributed by atoms with E-state index in [1.807, 2.05) is 66.7 Å². The van der Waals surface area contributed by atoms with Gasteiger partial charge in [-0.15, -0.1) is 0 Å². The number of nitrogens with zero attached hydrogens (tertiary/aromatic N) is 6. The van der Waals surface area contributed by atoms with Gasteiger partial charge >= 0.3 is 7.12 Å². The fourth-order valence-electron chi connectivity index (χ4n) is 12.8. The zero-order valence-electron chi connectivity index (χ0n) is 51.9. The van der Waals surface area contributed by atoms with Crippen molar-refractivity contribution in [3.8, 4) is 90.1 Å². The SMILES string of the molecule is CC1(C)OB(c2ccc(-c3nc4ccccc4c4ccc5nc(-c6ccccc6)ccc5c34)cc2)OC1(C)C.c1ccc(-c2cccc(-c3cc(-c4ccc(-c5nc6ccccc6c6ccc7nc(-c8ccccc8)ccc7c56)cc4)nc(-c4ccccc4)n3)c2)cc1. The maximum atomic E-state index is 6.28. The number of pyridine rings is 4. The topological polar surface area (TPSA) is 95.8 Å². The molecule has 93 heavy (non-hydrogen) atoms. The average molecular weight is 1200 g/mol. The molecule has 8 nitrogen and oxygen atoms in total. The summed E-state index contributed by atoms with van der Waals surface area (Å²) in [5.74, 6) is 0.688. The fraction of sp³-hybridized carbons (Fsp3) is 0.0714. The Labute approximate surface area is 540 Å². The smallest absolute Gasteiger partial charge is 0.399 e. The molecule has 16 aromatic rings. The van der Waals surface area contributed by atoms with Crippen LogP contribution in [0.25, 0.3) is 155 Å². The molecule has 442 valence electrons. The van der Waals surface area contributed by atoms with Gasteiger partial charge in [0.1, 0.15) is 0 Å². The molecule has 1 saturated heterocycles. The Hall–Kier alpha value is -11.4. The summed E-state index contributed by atoms with van der Waals surface area (Å²) in [6.45, 7) is 8.31. The van der Waals surface area contributed by atoms with Gasteiger partial charge in [-0.05, 0) is 116 Å². The lowest BCUT2D eigenvalue weighted by Gasteiger charge is -2.32. The average Bonchev–Trinajstić information content (AvgIpc) is 1.40. The van der Waals surface area contributed by atoms with Crippen molar-refractivity contribution in [3.05, 3.63) is 297 Å². The molecule has 0 bridgehead atoms. The Morgan fingerprint density at radius 1 is 0.247 bits per heavy atom. The second kappa shape index (κ2) is 23.5. The first-order valence-electron chi connectivity index (χ1n) is 31.6. The van der Waals surface area contributed by atoms with Gasteiger partial charge < -0.3 is 9.31 Å². The van der Waals surface area contributed by atoms with E-state index in [0.717, 1.165) is 144 Å². The summed E-state index contributed by atoms with van der Waals surface area (Å²) in [7, 11) is -0.396. The number of rotatable bonds is 9. The van der Waals surface area contributed by atoms with E-state index in [0.29, 0.717) is 5.82 Å². The third-order valence-electron chi connectivity index (χ3n) is 18.4. The van der Waals surface area contributed by atoms with Crippen molar-refractivity contribution in [1.82, 2.24) is 29.9 Å². The second-order valence-electron chi connectivity index (χ2n) is 24.8. The van der Waals surface area contributed by atoms with Gasteiger partial charge in [0.25, 0.3) is 0 Å². The molecule has 6 heterocycles. The lowest BCUT2D eigenvalue weighted by Crippen LogP contribution is -2.41. The fourth-order valence-corrected chi connectivity index (χ4v) is 12.8. The first-order chi connectivity index (χ1) is 45.6. The van der Waals surface area contributed by atoms with E-state index < -0.39 is 7.12 Å². The van der Waals surface area contributed by atoms with Gasteiger partial charge in [0, 0.05) is 71.3 Å². The zero-order valence-corrected chi connectivity index (χ0v) is 51.9. The first-order valence-corrected chi connectivity index (χ1v) is 31.6. The van der Waals surface area contributed by atoms with Crippen molar-refractivity contribution >= 4 is 77.7 Å². The highest BCUT2D eigenvalue weighted by Gasteiger charge is 2.51. The number of hydrogen-bond donors (Lipinski definition) is 0. The van der Waals surface area contributed by atoms with Crippen LogP contribution in [-0.4, -0.2) is 48.2 Å². The minimum Gasteiger partial charge on any atom is -0.399 e. The number of aromatic nitrogens is 6. The van der Waals surface area contributed by atoms with Crippen LogP contribution in [0.1, 0.15) is 27.7 Å². The molecule has 9 heteroatoms. The first kappa shape index (κ1) is 56.8. The van der Waals surface area contributed by atoms with Crippen molar-refractivity contribution in [2.45, 2.75) is 38.9 Å². The second-order valence-corrected chi connectivity index (χ2v) is 24.8. The monoisotopic (exact) mass is 1200 g/mol. The molecule has 5 aromatic heterocycles. The van der Waals surface area contributed by atoms with E-state index in [4.69, 9.17) is 39.2 Å². The van der Waals surface area contributed by atoms with E-state index in [9.17, 15) is 0 Å². The van der Waals surface area contributed by atoms with Crippen molar-refractivity contribution in [2.75, 3.05) is 0 Å². The number of para-hydroxylation sites is 2. The molecule has 1 aliphatic heterocycles. The molecule has 11 aromatic carbocycles. The summed E-state index contributed by atoms with van der Waals surface area (Å²) < 4.78 is 12.6. The Morgan fingerprint density at radius 2 is 0.624 bits per heavy atom. The van der Waals surface area contributed by atoms with E-state index in [1.165, 1.54) is 10.9 Å². The molecule has 1 aliphatic rings. The quantitative estimate of drug-likeness (QED) is 0.104. The van der Waals surface area contributed by atoms with Crippen LogP contribution in [0, 0.1) is 0 Å². The van der Waals surface area contributed by atoms with Crippen molar-refractivity contribution < 1.29 is 9.31 Å². The molecule has 0 atom stereocenters. The summed E-state index contributed by atoms with van der Waals surface area (Å²) in [6, 6.07) is 103. The van der Waals surface area contributed by atoms with Crippen LogP contribution in [-0.2, 0) is 9.31 Å². The molecule has 1 fully saturated rings. The molecule has 17 rings (SSSR count). The van der Waals surface area contributed by atoms with Crippen LogP contribution in [0.3, 0.4) is 0 Å². The van der Waals surface area contributed by atoms with E-state index >= 15 is 0 Å². The number of hydrogen-bond acceptors (Lipinski definition) is 8. The maximum absolute atomic E-state index is 6.28. The third-order valence-corrected chi connectivity index (χ3v) is 18.4. The van der Waals surface area contributed by atoms with Crippen molar-refractivity contribution in [3.63, 3.8) is 0 Å². The van der Waals surface area contributed by atoms with Crippen LogP contribution >= 0.6 is 0 Å². The summed E-state index contributed by atoms with van der Waals surface area (Å²) in [5.41, 5.74) is 19.2. The largest absolute Gasteiger partial charge is 0.494 e. The number of fused-ring (bicyclic) bond motifs is 10. The molecule has 0 N–H and O–H groups in total. The number of benzene rings is 11. The predicted molar refractivity (Wildman–Crippen MR) is 384 cm³/mol. The Balaban J connectivity index is 0.000000156. The zero-order chi connectivity index (χ0) is 62.6. The lowest BCUT2D eigenvalue weighted by molar-refractivity contribution is 0.00578. The Bertz CT molecular complexity index is 5480. The van der Waals surface area contributed by atoms with Gasteiger partial charge in [-0.1, -0.05) is 237 Å². The summed E-state index contributed by atoms with van der Waals surface area (Å²) in [6.07, 6.45) is 0. The molecular weight excluding hydrogens is 1140 g/mol. The summed E-state index contributed by atoms with van der Waals surface area (Å²) in [4.78, 5) is 30.8. The highest BCUT2D eigenvalue weighted by atomic mass is 16.7. The standard InChI is InChI=1S/C50H32N4.C34H29BN2O2/c1-4-13-33(14-5-1)38-19-12-20-39(31-38)47-32-46(53-50(54-47)37-17-8-3-9-18-37)35-23-25-36(26-24-35)49-48-41(40-21-10-11-22-44(40)52-49)27-30-45-42(48)28-29-43(51-45)34-15-6-2-7-16-34;1-33(2)34(3,4)39-35(38-33)24-16-14-23(15-17-24)32-31-26(25-12-8-9-13-29(25)37-32)18-21-30-27(31)19-20-28(36-30)22-10-6-5-7-11-22/h1-32H;5-21H,1-4H3. The summed E-state index contributed by atoms with van der Waals surface area (Å²) in [5, 5.41) is 8.98. The van der Waals surface area contributed by atoms with Gasteiger partial charge in [-0.3, -0.25) is 0 Å². The van der Waals surface area contributed by atoms with Crippen LogP contribution in [0.15, 0.2) is 297 Å². The molecule has 0 spiro atoms. The van der Waals surface area contributed by atoms with E-state index in [-0.39, 0.29) is 11.2 Å². The molecular formula is C84H61BN6O2. The minimum atomic E-state index is -0.396. The predicted octanol–water partition coefficient (Wildman–Crippen LogP) is 20.3. The normalized spacial score (nSPS) is 13.4. The molecule has 0 saturated carbocycles. The van der Waals surface area contributed by atoms with Crippen LogP contribution < -0.4 is 5.46 Å². The molecule has 0 amide bonds. The van der Waals surface area contributed by atoms with Gasteiger partial charge in [0.2, 0.25) is 0 Å². The van der Waals surface area contributed by atoms with E-state index in [1.54, 1.807) is 0 Å². The lowest BCUT2D eigenvalue weighted by atomic mass is 9.78. The van der Waals surface area contributed by atoms with Crippen LogP contribution in [0.5, 0.6) is 0 Å². The van der Waals surface area contributed by atoms with Crippen LogP contribution in [0.4, 0.5) is 0 Å². The third kappa shape index (κ3) is 10.7. The Morgan fingerprint density at radius 3 is 1.13 bits per heavy atom. The van der Waals surface area contributed by atoms with Gasteiger partial charge in [0.05, 0.1) is 67.4 Å². The molecule has 0 aliphatic carbocycles. The summed E-state index contributed by atoms with van der Waals surface area (Å²) >= 11 is 0. The molecule has 0 unspecified atom stereocenters. The van der Waals surface area contributed by atoms with Crippen LogP contribution in [0.2, 0.25) is 0 Å². The highest BCUT2D eigenvalue weighted by molar-refractivity contribution is 6.62. The van der Waals surface area contributed by atoms with Crippen molar-refractivity contribution in [1.29, 1.82) is 0 Å². The van der Waals surface area contributed by atoms with E-state index in [2.05, 4.69) is 258 Å². The minimum absolute atomic E-state index is 0.378. The van der Waals surface area contributed by atoms with Crippen molar-refractivity contribution in [2.24, 2.45) is 0 Å². The Kier molecular flexibility index (Phi) is 14.3. The van der Waals surface area contributed by atoms with Gasteiger partial charge in [-0.2, -0.15) is 0 Å². The van der Waals surface area contributed by atoms with Gasteiger partial charge in [0.15, 0.2) is 5.82 Å². The molecule has 0 radical (unpaired) electrons. The highest BCUT2D eigenvalue weighted by Crippen LogP contribution is 2.42. The maximum Gasteiger partial charge on any atom is 0.494 e. The van der Waals surface area contributed by atoms with Gasteiger partial charge in [-0.25, -0.2) is 29.9 Å².